The fourth-order valence-electron chi connectivity index (χ4n) is 2.78. The summed E-state index contributed by atoms with van der Waals surface area (Å²) in [5.74, 6) is 0.607. The molecule has 1 aliphatic carbocycles. The van der Waals surface area contributed by atoms with E-state index < -0.39 is 0 Å². The second-order valence-corrected chi connectivity index (χ2v) is 7.57. The van der Waals surface area contributed by atoms with Crippen molar-refractivity contribution >= 4 is 40.9 Å². The molecule has 132 valence electrons. The zero-order valence-electron chi connectivity index (χ0n) is 13.9. The van der Waals surface area contributed by atoms with Crippen LogP contribution in [0.5, 0.6) is 5.75 Å². The highest BCUT2D eigenvalue weighted by Crippen LogP contribution is 2.53. The SMILES string of the molecule is CCOC(=O)C1CC1c1ccc(Sc2ccccc2OC)c(Cl)c1Cl. The number of hydrogen-bond donors (Lipinski definition) is 0. The van der Waals surface area contributed by atoms with Crippen molar-refractivity contribution in [1.29, 1.82) is 0 Å². The lowest BCUT2D eigenvalue weighted by Crippen LogP contribution is -2.07. The van der Waals surface area contributed by atoms with Crippen LogP contribution in [-0.4, -0.2) is 19.7 Å². The van der Waals surface area contributed by atoms with Crippen LogP contribution in [0.3, 0.4) is 0 Å². The maximum Gasteiger partial charge on any atom is 0.309 e. The van der Waals surface area contributed by atoms with E-state index in [2.05, 4.69) is 0 Å². The highest BCUT2D eigenvalue weighted by Gasteiger charge is 2.46. The van der Waals surface area contributed by atoms with Crippen LogP contribution in [0.1, 0.15) is 24.8 Å². The molecule has 25 heavy (non-hydrogen) atoms. The zero-order chi connectivity index (χ0) is 18.0. The van der Waals surface area contributed by atoms with E-state index in [1.54, 1.807) is 7.11 Å². The molecule has 2 aromatic carbocycles. The molecule has 3 nitrogen and oxygen atoms in total. The number of esters is 1. The van der Waals surface area contributed by atoms with E-state index in [9.17, 15) is 4.79 Å². The Morgan fingerprint density at radius 1 is 1.16 bits per heavy atom. The second-order valence-electron chi connectivity index (χ2n) is 5.73. The van der Waals surface area contributed by atoms with E-state index in [0.717, 1.165) is 27.5 Å². The molecule has 2 atom stereocenters. The Morgan fingerprint density at radius 3 is 2.64 bits per heavy atom. The van der Waals surface area contributed by atoms with E-state index in [-0.39, 0.29) is 17.8 Å². The molecule has 1 fully saturated rings. The van der Waals surface area contributed by atoms with Crippen LogP contribution in [0.2, 0.25) is 10.0 Å². The molecule has 3 rings (SSSR count). The molecule has 6 heteroatoms. The average Bonchev–Trinajstić information content (AvgIpc) is 3.40. The predicted octanol–water partition coefficient (Wildman–Crippen LogP) is 5.82. The number of methoxy groups -OCH3 is 1. The van der Waals surface area contributed by atoms with Crippen LogP contribution in [0.4, 0.5) is 0 Å². The van der Waals surface area contributed by atoms with Crippen LogP contribution in [0.25, 0.3) is 0 Å². The number of benzene rings is 2. The largest absolute Gasteiger partial charge is 0.496 e. The molecule has 1 aliphatic rings. The van der Waals surface area contributed by atoms with Crippen LogP contribution in [0, 0.1) is 5.92 Å². The van der Waals surface area contributed by atoms with Gasteiger partial charge in [0.15, 0.2) is 0 Å². The maximum absolute atomic E-state index is 11.8. The normalized spacial score (nSPS) is 18.7. The molecule has 0 saturated heterocycles. The first-order valence-electron chi connectivity index (χ1n) is 8.02. The van der Waals surface area contributed by atoms with Gasteiger partial charge in [0.1, 0.15) is 5.75 Å². The summed E-state index contributed by atoms with van der Waals surface area (Å²) in [6.45, 7) is 2.20. The number of hydrogen-bond acceptors (Lipinski definition) is 4. The minimum Gasteiger partial charge on any atom is -0.496 e. The number of carbonyl (C=O) groups is 1. The summed E-state index contributed by atoms with van der Waals surface area (Å²) in [5, 5.41) is 1.02. The van der Waals surface area contributed by atoms with E-state index in [1.165, 1.54) is 11.8 Å². The van der Waals surface area contributed by atoms with Crippen molar-refractivity contribution < 1.29 is 14.3 Å². The smallest absolute Gasteiger partial charge is 0.309 e. The van der Waals surface area contributed by atoms with Gasteiger partial charge < -0.3 is 9.47 Å². The molecule has 0 aromatic heterocycles. The van der Waals surface area contributed by atoms with Crippen LogP contribution < -0.4 is 4.74 Å². The third kappa shape index (κ3) is 3.91. The quantitative estimate of drug-likeness (QED) is 0.576. The van der Waals surface area contributed by atoms with E-state index in [4.69, 9.17) is 32.7 Å². The number of halogens is 2. The Kier molecular flexibility index (Phi) is 5.82. The summed E-state index contributed by atoms with van der Waals surface area (Å²) in [7, 11) is 1.64. The summed E-state index contributed by atoms with van der Waals surface area (Å²) in [6.07, 6.45) is 0.758. The minimum atomic E-state index is -0.160. The van der Waals surface area contributed by atoms with Crippen molar-refractivity contribution in [2.75, 3.05) is 13.7 Å². The Bertz CT molecular complexity index is 794. The third-order valence-corrected chi connectivity index (χ3v) is 6.27. The van der Waals surface area contributed by atoms with Gasteiger partial charge in [-0.05, 0) is 43.0 Å². The molecular weight excluding hydrogens is 379 g/mol. The fraction of sp³-hybridized carbons (Fsp3) is 0.316. The Morgan fingerprint density at radius 2 is 1.92 bits per heavy atom. The topological polar surface area (TPSA) is 35.5 Å². The summed E-state index contributed by atoms with van der Waals surface area (Å²) in [5.41, 5.74) is 0.911. The van der Waals surface area contributed by atoms with Crippen LogP contribution in [-0.2, 0) is 9.53 Å². The van der Waals surface area contributed by atoms with Crippen molar-refractivity contribution in [2.45, 2.75) is 29.1 Å². The van der Waals surface area contributed by atoms with Crippen molar-refractivity contribution in [2.24, 2.45) is 5.92 Å². The summed E-state index contributed by atoms with van der Waals surface area (Å²) < 4.78 is 10.5. The van der Waals surface area contributed by atoms with Crippen molar-refractivity contribution in [3.8, 4) is 5.75 Å². The van der Waals surface area contributed by atoms with Gasteiger partial charge in [0, 0.05) is 4.90 Å². The van der Waals surface area contributed by atoms with Crippen molar-refractivity contribution in [3.63, 3.8) is 0 Å². The highest BCUT2D eigenvalue weighted by molar-refractivity contribution is 7.99. The standard InChI is InChI=1S/C19H18Cl2O3S/c1-3-24-19(22)13-10-12(13)11-8-9-16(18(21)17(11)20)25-15-7-5-4-6-14(15)23-2/h4-9,12-13H,3,10H2,1-2H3. The van der Waals surface area contributed by atoms with Gasteiger partial charge in [0.25, 0.3) is 0 Å². The lowest BCUT2D eigenvalue weighted by Gasteiger charge is -2.12. The molecule has 1 saturated carbocycles. The summed E-state index contributed by atoms with van der Waals surface area (Å²) in [6, 6.07) is 11.6. The first kappa shape index (κ1) is 18.4. The number of ether oxygens (including phenoxy) is 2. The van der Waals surface area contributed by atoms with Crippen LogP contribution >= 0.6 is 35.0 Å². The minimum absolute atomic E-state index is 0.0920. The second kappa shape index (κ2) is 7.90. The van der Waals surface area contributed by atoms with Gasteiger partial charge in [-0.1, -0.05) is 53.2 Å². The maximum atomic E-state index is 11.8. The highest BCUT2D eigenvalue weighted by atomic mass is 35.5. The zero-order valence-corrected chi connectivity index (χ0v) is 16.3. The molecule has 2 aromatic rings. The van der Waals surface area contributed by atoms with Gasteiger partial charge in [-0.3, -0.25) is 4.79 Å². The van der Waals surface area contributed by atoms with Crippen molar-refractivity contribution in [3.05, 3.63) is 52.0 Å². The average molecular weight is 397 g/mol. The number of para-hydroxylation sites is 1. The Labute approximate surface area is 161 Å². The first-order valence-corrected chi connectivity index (χ1v) is 9.59. The first-order chi connectivity index (χ1) is 12.1. The molecular formula is C19H18Cl2O3S. The van der Waals surface area contributed by atoms with Crippen LogP contribution in [0.15, 0.2) is 46.2 Å². The molecule has 0 radical (unpaired) electrons. The fourth-order valence-corrected chi connectivity index (χ4v) is 4.39. The monoisotopic (exact) mass is 396 g/mol. The van der Waals surface area contributed by atoms with Gasteiger partial charge in [-0.15, -0.1) is 0 Å². The van der Waals surface area contributed by atoms with E-state index >= 15 is 0 Å². The molecule has 0 bridgehead atoms. The predicted molar refractivity (Wildman–Crippen MR) is 101 cm³/mol. The Hall–Kier alpha value is -1.36. The van der Waals surface area contributed by atoms with Gasteiger partial charge in [-0.25, -0.2) is 0 Å². The lowest BCUT2D eigenvalue weighted by atomic mass is 10.1. The number of rotatable bonds is 6. The van der Waals surface area contributed by atoms with Gasteiger partial charge in [0.05, 0.1) is 34.6 Å². The lowest BCUT2D eigenvalue weighted by molar-refractivity contribution is -0.144. The van der Waals surface area contributed by atoms with Gasteiger partial charge in [-0.2, -0.15) is 0 Å². The molecule has 0 amide bonds. The summed E-state index contributed by atoms with van der Waals surface area (Å²) in [4.78, 5) is 13.7. The van der Waals surface area contributed by atoms with Crippen molar-refractivity contribution in [1.82, 2.24) is 0 Å². The Balaban J connectivity index is 1.81. The van der Waals surface area contributed by atoms with E-state index in [1.807, 2.05) is 43.3 Å². The summed E-state index contributed by atoms with van der Waals surface area (Å²) >= 11 is 14.5. The molecule has 2 unspecified atom stereocenters. The molecule has 0 N–H and O–H groups in total. The van der Waals surface area contributed by atoms with Gasteiger partial charge in [0.2, 0.25) is 0 Å². The third-order valence-electron chi connectivity index (χ3n) is 4.14. The molecule has 0 spiro atoms. The molecule has 0 heterocycles. The van der Waals surface area contributed by atoms with E-state index in [0.29, 0.717) is 16.7 Å². The number of carbonyl (C=O) groups excluding carboxylic acids is 1. The molecule has 0 aliphatic heterocycles. The van der Waals surface area contributed by atoms with Gasteiger partial charge >= 0.3 is 5.97 Å².